The molecule has 0 saturated carbocycles. The Morgan fingerprint density at radius 3 is 1.55 bits per heavy atom. The summed E-state index contributed by atoms with van der Waals surface area (Å²) in [5, 5.41) is 0. The molecule has 7 heteroatoms. The molecule has 0 radical (unpaired) electrons. The normalized spacial score (nSPS) is 29.1. The zero-order chi connectivity index (χ0) is 8.54. The molecular formula is C4H8NO4S2-. The predicted octanol–water partition coefficient (Wildman–Crippen LogP) is -0.186. The van der Waals surface area contributed by atoms with Crippen LogP contribution in [0.15, 0.2) is 0 Å². The lowest BCUT2D eigenvalue weighted by Gasteiger charge is -2.15. The smallest absolute Gasteiger partial charge is 0.0830 e. The molecule has 1 aliphatic heterocycles. The van der Waals surface area contributed by atoms with Crippen LogP contribution in [-0.4, -0.2) is 28.3 Å². The summed E-state index contributed by atoms with van der Waals surface area (Å²) in [6.07, 6.45) is 0.760. The van der Waals surface area contributed by atoms with Crippen LogP contribution in [0.5, 0.6) is 0 Å². The van der Waals surface area contributed by atoms with Gasteiger partial charge >= 0.3 is 0 Å². The highest BCUT2D eigenvalue weighted by atomic mass is 32.3. The Bertz CT molecular complexity index is 293. The second-order valence-corrected chi connectivity index (χ2v) is 6.09. The summed E-state index contributed by atoms with van der Waals surface area (Å²) in [5.41, 5.74) is 0. The molecule has 11 heavy (non-hydrogen) atoms. The number of rotatable bonds is 0. The fourth-order valence-corrected chi connectivity index (χ4v) is 3.93. The van der Waals surface area contributed by atoms with Crippen molar-refractivity contribution in [2.45, 2.75) is 12.8 Å². The first-order valence-electron chi connectivity index (χ1n) is 3.11. The van der Waals surface area contributed by atoms with Crippen molar-refractivity contribution < 1.29 is 16.8 Å². The molecule has 0 N–H and O–H groups in total. The lowest BCUT2D eigenvalue weighted by molar-refractivity contribution is 0.599. The van der Waals surface area contributed by atoms with Gasteiger partial charge in [-0.05, 0) is 12.8 Å². The van der Waals surface area contributed by atoms with Crippen molar-refractivity contribution in [3.05, 3.63) is 4.13 Å². The first-order valence-corrected chi connectivity index (χ1v) is 6.33. The van der Waals surface area contributed by atoms with E-state index in [-0.39, 0.29) is 11.5 Å². The van der Waals surface area contributed by atoms with Gasteiger partial charge in [-0.3, -0.25) is 0 Å². The van der Waals surface area contributed by atoms with Crippen LogP contribution in [-0.2, 0) is 20.0 Å². The van der Waals surface area contributed by atoms with Crippen molar-refractivity contribution in [2.75, 3.05) is 11.5 Å². The third-order valence-corrected chi connectivity index (χ3v) is 4.71. The minimum absolute atomic E-state index is 0.147. The molecular weight excluding hydrogens is 190 g/mol. The lowest BCUT2D eigenvalue weighted by Crippen LogP contribution is -2.07. The molecule has 0 aliphatic carbocycles. The number of hydrogen-bond acceptors (Lipinski definition) is 4. The maximum absolute atomic E-state index is 10.7. The van der Waals surface area contributed by atoms with Crippen molar-refractivity contribution in [1.29, 1.82) is 0 Å². The molecule has 0 aromatic rings. The molecule has 1 aliphatic rings. The summed E-state index contributed by atoms with van der Waals surface area (Å²) in [6, 6.07) is 0. The third-order valence-electron chi connectivity index (χ3n) is 1.28. The van der Waals surface area contributed by atoms with Gasteiger partial charge in [-0.25, -0.2) is 16.8 Å². The van der Waals surface area contributed by atoms with Gasteiger partial charge in [0.25, 0.3) is 0 Å². The zero-order valence-electron chi connectivity index (χ0n) is 5.73. The molecule has 0 aromatic carbocycles. The van der Waals surface area contributed by atoms with E-state index in [4.69, 9.17) is 0 Å². The van der Waals surface area contributed by atoms with E-state index in [0.717, 1.165) is 0 Å². The first-order chi connectivity index (χ1) is 4.91. The van der Waals surface area contributed by atoms with E-state index >= 15 is 0 Å². The summed E-state index contributed by atoms with van der Waals surface area (Å²) in [5.74, 6) is -0.293. The Balaban J connectivity index is 2.96. The molecule has 1 rings (SSSR count). The molecule has 0 bridgehead atoms. The highest BCUT2D eigenvalue weighted by Crippen LogP contribution is 2.18. The third kappa shape index (κ3) is 2.76. The van der Waals surface area contributed by atoms with Crippen molar-refractivity contribution in [2.24, 2.45) is 0 Å². The van der Waals surface area contributed by atoms with Gasteiger partial charge in [0.2, 0.25) is 0 Å². The van der Waals surface area contributed by atoms with Crippen LogP contribution >= 0.6 is 0 Å². The van der Waals surface area contributed by atoms with Crippen molar-refractivity contribution >= 4 is 20.0 Å². The van der Waals surface area contributed by atoms with Crippen LogP contribution < -0.4 is 0 Å². The van der Waals surface area contributed by atoms with Crippen LogP contribution in [0.3, 0.4) is 0 Å². The monoisotopic (exact) mass is 198 g/mol. The minimum Gasteiger partial charge on any atom is -0.436 e. The van der Waals surface area contributed by atoms with Gasteiger partial charge in [0.1, 0.15) is 0 Å². The lowest BCUT2D eigenvalue weighted by atomic mass is 10.4. The van der Waals surface area contributed by atoms with Crippen LogP contribution in [0.2, 0.25) is 0 Å². The summed E-state index contributed by atoms with van der Waals surface area (Å²) < 4.78 is 45.7. The van der Waals surface area contributed by atoms with Crippen molar-refractivity contribution in [1.82, 2.24) is 0 Å². The summed E-state index contributed by atoms with van der Waals surface area (Å²) >= 11 is 0. The molecule has 66 valence electrons. The van der Waals surface area contributed by atoms with E-state index < -0.39 is 20.0 Å². The Morgan fingerprint density at radius 1 is 0.818 bits per heavy atom. The largest absolute Gasteiger partial charge is 0.436 e. The van der Waals surface area contributed by atoms with Gasteiger partial charge in [0.15, 0.2) is 0 Å². The molecule has 0 spiro atoms. The molecule has 1 saturated heterocycles. The highest BCUT2D eigenvalue weighted by molar-refractivity contribution is 8.12. The average molecular weight is 198 g/mol. The van der Waals surface area contributed by atoms with E-state index in [1.165, 1.54) is 0 Å². The van der Waals surface area contributed by atoms with E-state index in [0.29, 0.717) is 12.8 Å². The molecule has 0 atom stereocenters. The van der Waals surface area contributed by atoms with Gasteiger partial charge in [0, 0.05) is 11.5 Å². The predicted molar refractivity (Wildman–Crippen MR) is 40.2 cm³/mol. The maximum Gasteiger partial charge on any atom is 0.0830 e. The molecule has 0 amide bonds. The fraction of sp³-hybridized carbons (Fsp3) is 1.00. The Labute approximate surface area is 65.9 Å². The van der Waals surface area contributed by atoms with Gasteiger partial charge in [0.05, 0.1) is 20.0 Å². The van der Waals surface area contributed by atoms with Gasteiger partial charge < -0.3 is 4.13 Å². The molecule has 5 nitrogen and oxygen atoms in total. The molecule has 0 unspecified atom stereocenters. The van der Waals surface area contributed by atoms with Crippen LogP contribution in [0.25, 0.3) is 4.13 Å². The second-order valence-electron chi connectivity index (χ2n) is 2.35. The topological polar surface area (TPSA) is 82.4 Å². The van der Waals surface area contributed by atoms with Gasteiger partial charge in [-0.2, -0.15) is 0 Å². The van der Waals surface area contributed by atoms with E-state index in [2.05, 4.69) is 4.13 Å². The zero-order valence-corrected chi connectivity index (χ0v) is 7.36. The van der Waals surface area contributed by atoms with Crippen molar-refractivity contribution in [3.8, 4) is 0 Å². The Morgan fingerprint density at radius 2 is 1.18 bits per heavy atom. The van der Waals surface area contributed by atoms with Crippen LogP contribution in [0.4, 0.5) is 0 Å². The van der Waals surface area contributed by atoms with Gasteiger partial charge in [-0.1, -0.05) is 0 Å². The summed E-state index contributed by atoms with van der Waals surface area (Å²) in [6.45, 7) is 0. The van der Waals surface area contributed by atoms with Crippen LogP contribution in [0, 0.1) is 0 Å². The first kappa shape index (κ1) is 8.95. The summed E-state index contributed by atoms with van der Waals surface area (Å²) in [4.78, 5) is 0. The number of hydrogen-bond donors (Lipinski definition) is 0. The van der Waals surface area contributed by atoms with Gasteiger partial charge in [-0.15, -0.1) is 0 Å². The quantitative estimate of drug-likeness (QED) is 0.540. The number of nitrogens with zero attached hydrogens (tertiary/aromatic N) is 1. The van der Waals surface area contributed by atoms with Crippen molar-refractivity contribution in [3.63, 3.8) is 0 Å². The maximum atomic E-state index is 10.7. The molecule has 0 aromatic heterocycles. The highest BCUT2D eigenvalue weighted by Gasteiger charge is 2.12. The second kappa shape index (κ2) is 2.72. The average Bonchev–Trinajstić information content (AvgIpc) is 1.86. The SMILES string of the molecule is O=S1(=O)CCCCS(=O)(=O)[N-]1. The summed E-state index contributed by atoms with van der Waals surface area (Å²) in [7, 11) is -7.38. The molecule has 1 heterocycles. The minimum atomic E-state index is -3.69. The fourth-order valence-electron chi connectivity index (χ4n) is 0.816. The van der Waals surface area contributed by atoms with Crippen LogP contribution in [0.1, 0.15) is 12.8 Å². The standard InChI is InChI=1S/C4H8NO4S2/c6-10(7)3-1-2-4-11(8,9)5-10/h1-4H2/q-1. The van der Waals surface area contributed by atoms with E-state index in [1.807, 2.05) is 0 Å². The Hall–Kier alpha value is -0.140. The molecule has 1 fully saturated rings. The van der Waals surface area contributed by atoms with E-state index in [1.54, 1.807) is 0 Å². The number of sulfonamides is 2. The Kier molecular flexibility index (Phi) is 2.22. The van der Waals surface area contributed by atoms with E-state index in [9.17, 15) is 16.8 Å².